The van der Waals surface area contributed by atoms with Crippen molar-refractivity contribution < 1.29 is 14.3 Å². The maximum Gasteiger partial charge on any atom is 0.257 e. The van der Waals surface area contributed by atoms with Gasteiger partial charge in [-0.05, 0) is 12.1 Å². The van der Waals surface area contributed by atoms with Gasteiger partial charge in [0.05, 0.1) is 14.2 Å². The number of ether oxygens (including phenoxy) is 2. The van der Waals surface area contributed by atoms with Crippen LogP contribution in [0.4, 0.5) is 5.69 Å². The molecule has 0 aromatic heterocycles. The van der Waals surface area contributed by atoms with Crippen LogP contribution in [0.1, 0.15) is 0 Å². The second-order valence-corrected chi connectivity index (χ2v) is 3.96. The van der Waals surface area contributed by atoms with Crippen LogP contribution in [-0.4, -0.2) is 25.0 Å². The number of alkyl halides is 2. The maximum atomic E-state index is 11.2. The van der Waals surface area contributed by atoms with Crippen LogP contribution >= 0.6 is 23.2 Å². The molecule has 0 spiro atoms. The molecule has 4 nitrogen and oxygen atoms in total. The van der Waals surface area contributed by atoms with Crippen LogP contribution in [-0.2, 0) is 4.79 Å². The molecular formula is C10H11Cl2NO3. The average molecular weight is 264 g/mol. The van der Waals surface area contributed by atoms with Gasteiger partial charge in [0, 0.05) is 11.8 Å². The first-order valence-electron chi connectivity index (χ1n) is 4.39. The van der Waals surface area contributed by atoms with E-state index in [1.807, 2.05) is 0 Å². The molecule has 0 aliphatic carbocycles. The van der Waals surface area contributed by atoms with Gasteiger partial charge in [0.15, 0.2) is 16.3 Å². The molecule has 0 saturated carbocycles. The first-order chi connectivity index (χ1) is 7.58. The molecule has 0 fully saturated rings. The lowest BCUT2D eigenvalue weighted by atomic mass is 10.2. The zero-order valence-electron chi connectivity index (χ0n) is 8.79. The number of amides is 1. The highest BCUT2D eigenvalue weighted by Crippen LogP contribution is 2.29. The SMILES string of the molecule is COc1ccc(NC(=O)C(Cl)Cl)cc1OC. The van der Waals surface area contributed by atoms with Crippen LogP contribution in [0.2, 0.25) is 0 Å². The van der Waals surface area contributed by atoms with Gasteiger partial charge in [-0.15, -0.1) is 0 Å². The molecule has 6 heteroatoms. The second kappa shape index (κ2) is 5.82. The summed E-state index contributed by atoms with van der Waals surface area (Å²) in [7, 11) is 3.04. The third-order valence-electron chi connectivity index (χ3n) is 1.85. The predicted octanol–water partition coefficient (Wildman–Crippen LogP) is 2.45. The number of carbonyl (C=O) groups is 1. The Morgan fingerprint density at radius 3 is 2.38 bits per heavy atom. The van der Waals surface area contributed by atoms with Gasteiger partial charge in [-0.25, -0.2) is 0 Å². The molecule has 1 rings (SSSR count). The molecule has 0 bridgehead atoms. The van der Waals surface area contributed by atoms with Crippen molar-refractivity contribution in [3.8, 4) is 11.5 Å². The van der Waals surface area contributed by atoms with Crippen molar-refractivity contribution in [2.45, 2.75) is 4.84 Å². The Kier molecular flexibility index (Phi) is 4.71. The number of hydrogen-bond donors (Lipinski definition) is 1. The van der Waals surface area contributed by atoms with Crippen molar-refractivity contribution in [2.75, 3.05) is 19.5 Å². The van der Waals surface area contributed by atoms with Crippen LogP contribution in [0.3, 0.4) is 0 Å². The van der Waals surface area contributed by atoms with E-state index in [9.17, 15) is 4.79 Å². The van der Waals surface area contributed by atoms with Gasteiger partial charge in [0.25, 0.3) is 5.91 Å². The zero-order valence-corrected chi connectivity index (χ0v) is 10.3. The molecule has 1 aromatic rings. The summed E-state index contributed by atoms with van der Waals surface area (Å²) < 4.78 is 10.1. The van der Waals surface area contributed by atoms with E-state index in [1.54, 1.807) is 18.2 Å². The Morgan fingerprint density at radius 1 is 1.25 bits per heavy atom. The topological polar surface area (TPSA) is 47.6 Å². The highest BCUT2D eigenvalue weighted by Gasteiger charge is 2.12. The molecule has 1 N–H and O–H groups in total. The first-order valence-corrected chi connectivity index (χ1v) is 5.26. The Morgan fingerprint density at radius 2 is 1.88 bits per heavy atom. The Bertz CT molecular complexity index is 382. The zero-order chi connectivity index (χ0) is 12.1. The van der Waals surface area contributed by atoms with E-state index in [0.29, 0.717) is 17.2 Å². The lowest BCUT2D eigenvalue weighted by Crippen LogP contribution is -2.18. The Hall–Kier alpha value is -1.13. The summed E-state index contributed by atoms with van der Waals surface area (Å²) in [5, 5.41) is 2.53. The van der Waals surface area contributed by atoms with Gasteiger partial charge < -0.3 is 14.8 Å². The fraction of sp³-hybridized carbons (Fsp3) is 0.300. The highest BCUT2D eigenvalue weighted by molar-refractivity contribution is 6.54. The molecule has 0 heterocycles. The molecule has 1 amide bonds. The van der Waals surface area contributed by atoms with E-state index < -0.39 is 10.7 Å². The molecule has 0 saturated heterocycles. The first kappa shape index (κ1) is 12.9. The predicted molar refractivity (Wildman–Crippen MR) is 63.7 cm³/mol. The van der Waals surface area contributed by atoms with E-state index in [2.05, 4.69) is 5.32 Å². The van der Waals surface area contributed by atoms with Gasteiger partial charge in [0.2, 0.25) is 0 Å². The minimum absolute atomic E-state index is 0.490. The molecular weight excluding hydrogens is 253 g/mol. The smallest absolute Gasteiger partial charge is 0.257 e. The third kappa shape index (κ3) is 3.18. The number of benzene rings is 1. The fourth-order valence-corrected chi connectivity index (χ4v) is 1.22. The van der Waals surface area contributed by atoms with Crippen molar-refractivity contribution >= 4 is 34.8 Å². The standard InChI is InChI=1S/C10H11Cl2NO3/c1-15-7-4-3-6(5-8(7)16-2)13-10(14)9(11)12/h3-5,9H,1-2H3,(H,13,14). The normalized spacial score (nSPS) is 10.1. The third-order valence-corrected chi connectivity index (χ3v) is 2.25. The summed E-state index contributed by atoms with van der Waals surface area (Å²) in [5.41, 5.74) is 0.536. The van der Waals surface area contributed by atoms with Crippen LogP contribution in [0.25, 0.3) is 0 Å². The fourth-order valence-electron chi connectivity index (χ4n) is 1.11. The summed E-state index contributed by atoms with van der Waals surface area (Å²) in [5.74, 6) is 0.602. The number of halogens is 2. The van der Waals surface area contributed by atoms with Crippen molar-refractivity contribution in [3.63, 3.8) is 0 Å². The summed E-state index contributed by atoms with van der Waals surface area (Å²) in [6.45, 7) is 0. The molecule has 0 radical (unpaired) electrons. The number of carbonyl (C=O) groups excluding carboxylic acids is 1. The monoisotopic (exact) mass is 263 g/mol. The summed E-state index contributed by atoms with van der Waals surface area (Å²) in [6, 6.07) is 4.95. The van der Waals surface area contributed by atoms with Crippen molar-refractivity contribution in [1.82, 2.24) is 0 Å². The molecule has 1 aromatic carbocycles. The quantitative estimate of drug-likeness (QED) is 0.849. The van der Waals surface area contributed by atoms with E-state index in [1.165, 1.54) is 14.2 Å². The number of methoxy groups -OCH3 is 2. The van der Waals surface area contributed by atoms with Crippen LogP contribution < -0.4 is 14.8 Å². The van der Waals surface area contributed by atoms with E-state index in [4.69, 9.17) is 32.7 Å². The van der Waals surface area contributed by atoms with E-state index >= 15 is 0 Å². The van der Waals surface area contributed by atoms with Crippen molar-refractivity contribution in [1.29, 1.82) is 0 Å². The average Bonchev–Trinajstić information content (AvgIpc) is 2.28. The van der Waals surface area contributed by atoms with Crippen molar-refractivity contribution in [2.24, 2.45) is 0 Å². The number of nitrogens with one attached hydrogen (secondary N) is 1. The number of rotatable bonds is 4. The van der Waals surface area contributed by atoms with Crippen LogP contribution in [0, 0.1) is 0 Å². The maximum absolute atomic E-state index is 11.2. The Balaban J connectivity index is 2.87. The minimum atomic E-state index is -1.10. The second-order valence-electron chi connectivity index (χ2n) is 2.86. The van der Waals surface area contributed by atoms with E-state index in [0.717, 1.165) is 0 Å². The largest absolute Gasteiger partial charge is 0.493 e. The molecule has 88 valence electrons. The van der Waals surface area contributed by atoms with Crippen LogP contribution in [0.15, 0.2) is 18.2 Å². The molecule has 16 heavy (non-hydrogen) atoms. The van der Waals surface area contributed by atoms with E-state index in [-0.39, 0.29) is 0 Å². The number of hydrogen-bond acceptors (Lipinski definition) is 3. The molecule has 0 aliphatic heterocycles. The molecule has 0 unspecified atom stereocenters. The van der Waals surface area contributed by atoms with Crippen LogP contribution in [0.5, 0.6) is 11.5 Å². The van der Waals surface area contributed by atoms with Gasteiger partial charge in [-0.3, -0.25) is 4.79 Å². The number of anilines is 1. The molecule has 0 aliphatic rings. The summed E-state index contributed by atoms with van der Waals surface area (Å²) >= 11 is 10.8. The lowest BCUT2D eigenvalue weighted by molar-refractivity contribution is -0.114. The summed E-state index contributed by atoms with van der Waals surface area (Å²) in [4.78, 5) is 10.1. The summed E-state index contributed by atoms with van der Waals surface area (Å²) in [6.07, 6.45) is 0. The minimum Gasteiger partial charge on any atom is -0.493 e. The van der Waals surface area contributed by atoms with Crippen molar-refractivity contribution in [3.05, 3.63) is 18.2 Å². The van der Waals surface area contributed by atoms with Gasteiger partial charge in [0.1, 0.15) is 0 Å². The highest BCUT2D eigenvalue weighted by atomic mass is 35.5. The lowest BCUT2D eigenvalue weighted by Gasteiger charge is -2.10. The van der Waals surface area contributed by atoms with Gasteiger partial charge >= 0.3 is 0 Å². The van der Waals surface area contributed by atoms with Gasteiger partial charge in [-0.1, -0.05) is 23.2 Å². The Labute approximate surface area is 103 Å². The van der Waals surface area contributed by atoms with Gasteiger partial charge in [-0.2, -0.15) is 0 Å². The molecule has 0 atom stereocenters.